The molecule has 1 atom stereocenters. The van der Waals surface area contributed by atoms with E-state index in [1.165, 1.54) is 0 Å². The van der Waals surface area contributed by atoms with Crippen molar-refractivity contribution in [2.24, 2.45) is 11.7 Å². The zero-order chi connectivity index (χ0) is 12.8. The Hall–Kier alpha value is -1.07. The molecule has 0 bridgehead atoms. The van der Waals surface area contributed by atoms with Gasteiger partial charge >= 0.3 is 0 Å². The molecule has 1 aromatic carbocycles. The second kappa shape index (κ2) is 6.61. The van der Waals surface area contributed by atoms with Crippen LogP contribution in [-0.4, -0.2) is 22.9 Å². The van der Waals surface area contributed by atoms with E-state index in [4.69, 9.17) is 18.0 Å². The topological polar surface area (TPSA) is 55.1 Å². The van der Waals surface area contributed by atoms with Gasteiger partial charge in [-0.2, -0.15) is 11.8 Å². The highest BCUT2D eigenvalue weighted by Gasteiger charge is 2.14. The number of nitrogens with one attached hydrogen (secondary N) is 1. The van der Waals surface area contributed by atoms with E-state index in [1.54, 1.807) is 23.9 Å². The fraction of sp³-hybridized carbons (Fsp3) is 0.333. The highest BCUT2D eigenvalue weighted by Crippen LogP contribution is 2.16. The molecule has 1 rings (SSSR count). The number of hydrogen-bond donors (Lipinski definition) is 2. The molecule has 3 N–H and O–H groups in total. The minimum Gasteiger partial charge on any atom is -0.389 e. The first kappa shape index (κ1) is 14.0. The van der Waals surface area contributed by atoms with Crippen LogP contribution in [-0.2, 0) is 4.79 Å². The molecule has 0 fully saturated rings. The molecule has 0 aliphatic rings. The molecule has 0 aliphatic heterocycles. The van der Waals surface area contributed by atoms with Gasteiger partial charge in [0.05, 0.1) is 5.69 Å². The number of para-hydroxylation sites is 1. The summed E-state index contributed by atoms with van der Waals surface area (Å²) < 4.78 is 0. The van der Waals surface area contributed by atoms with E-state index in [1.807, 2.05) is 25.3 Å². The average Bonchev–Trinajstić information content (AvgIpc) is 2.29. The summed E-state index contributed by atoms with van der Waals surface area (Å²) in [6, 6.07) is 7.29. The van der Waals surface area contributed by atoms with E-state index in [-0.39, 0.29) is 11.8 Å². The Morgan fingerprint density at radius 2 is 2.18 bits per heavy atom. The van der Waals surface area contributed by atoms with Gasteiger partial charge in [0.25, 0.3) is 0 Å². The first-order valence-electron chi connectivity index (χ1n) is 5.25. The molecule has 1 unspecified atom stereocenters. The molecular formula is C12H16N2OS2. The first-order chi connectivity index (χ1) is 8.06. The van der Waals surface area contributed by atoms with Gasteiger partial charge in [0, 0.05) is 17.2 Å². The van der Waals surface area contributed by atoms with Crippen LogP contribution in [0.15, 0.2) is 24.3 Å². The number of amides is 1. The number of thioether (sulfide) groups is 1. The van der Waals surface area contributed by atoms with Crippen LogP contribution in [0, 0.1) is 5.92 Å². The monoisotopic (exact) mass is 268 g/mol. The van der Waals surface area contributed by atoms with E-state index < -0.39 is 0 Å². The number of carbonyl (C=O) groups excluding carboxylic acids is 1. The third-order valence-corrected chi connectivity index (χ3v) is 3.37. The molecule has 17 heavy (non-hydrogen) atoms. The van der Waals surface area contributed by atoms with Gasteiger partial charge < -0.3 is 11.1 Å². The summed E-state index contributed by atoms with van der Waals surface area (Å²) >= 11 is 6.59. The maximum Gasteiger partial charge on any atom is 0.228 e. The normalized spacial score (nSPS) is 11.9. The lowest BCUT2D eigenvalue weighted by Gasteiger charge is -2.13. The zero-order valence-corrected chi connectivity index (χ0v) is 11.5. The third kappa shape index (κ3) is 4.02. The van der Waals surface area contributed by atoms with Crippen LogP contribution < -0.4 is 11.1 Å². The number of thiocarbonyl (C=S) groups is 1. The summed E-state index contributed by atoms with van der Waals surface area (Å²) in [5, 5.41) is 2.86. The summed E-state index contributed by atoms with van der Waals surface area (Å²) in [6.45, 7) is 1.90. The lowest BCUT2D eigenvalue weighted by atomic mass is 10.1. The number of anilines is 1. The van der Waals surface area contributed by atoms with E-state index in [0.29, 0.717) is 16.2 Å². The van der Waals surface area contributed by atoms with Crippen molar-refractivity contribution in [3.05, 3.63) is 29.8 Å². The van der Waals surface area contributed by atoms with Crippen LogP contribution in [0.4, 0.5) is 5.69 Å². The lowest BCUT2D eigenvalue weighted by Crippen LogP contribution is -2.24. The summed E-state index contributed by atoms with van der Waals surface area (Å²) in [4.78, 5) is 12.2. The van der Waals surface area contributed by atoms with E-state index >= 15 is 0 Å². The van der Waals surface area contributed by atoms with Gasteiger partial charge in [-0.05, 0) is 18.4 Å². The number of hydrogen-bond acceptors (Lipinski definition) is 3. The van der Waals surface area contributed by atoms with Crippen LogP contribution in [0.1, 0.15) is 12.5 Å². The first-order valence-corrected chi connectivity index (χ1v) is 7.05. The Morgan fingerprint density at radius 1 is 1.53 bits per heavy atom. The van der Waals surface area contributed by atoms with Gasteiger partial charge in [-0.3, -0.25) is 4.79 Å². The molecule has 3 nitrogen and oxygen atoms in total. The summed E-state index contributed by atoms with van der Waals surface area (Å²) in [5.41, 5.74) is 6.98. The summed E-state index contributed by atoms with van der Waals surface area (Å²) in [7, 11) is 0. The van der Waals surface area contributed by atoms with Gasteiger partial charge in [-0.15, -0.1) is 0 Å². The predicted molar refractivity (Wildman–Crippen MR) is 78.5 cm³/mol. The van der Waals surface area contributed by atoms with Crippen molar-refractivity contribution in [2.75, 3.05) is 17.3 Å². The Kier molecular flexibility index (Phi) is 5.44. The second-order valence-electron chi connectivity index (χ2n) is 3.76. The standard InChI is InChI=1S/C12H16N2OS2/c1-8(7-17-2)12(15)14-10-6-4-3-5-9(10)11(13)16/h3-6,8H,7H2,1-2H3,(H2,13,16)(H,14,15). The van der Waals surface area contributed by atoms with E-state index in [9.17, 15) is 4.79 Å². The van der Waals surface area contributed by atoms with E-state index in [0.717, 1.165) is 5.75 Å². The maximum atomic E-state index is 11.9. The van der Waals surface area contributed by atoms with Crippen LogP contribution in [0.25, 0.3) is 0 Å². The van der Waals surface area contributed by atoms with Crippen LogP contribution in [0.5, 0.6) is 0 Å². The Labute approximate surface area is 111 Å². The van der Waals surface area contributed by atoms with Gasteiger partial charge in [-0.1, -0.05) is 31.3 Å². The largest absolute Gasteiger partial charge is 0.389 e. The fourth-order valence-corrected chi connectivity index (χ4v) is 2.22. The molecule has 0 radical (unpaired) electrons. The highest BCUT2D eigenvalue weighted by molar-refractivity contribution is 7.98. The molecular weight excluding hydrogens is 252 g/mol. The molecule has 92 valence electrons. The number of nitrogens with two attached hydrogens (primary N) is 1. The highest BCUT2D eigenvalue weighted by atomic mass is 32.2. The van der Waals surface area contributed by atoms with E-state index in [2.05, 4.69) is 5.32 Å². The smallest absolute Gasteiger partial charge is 0.228 e. The third-order valence-electron chi connectivity index (χ3n) is 2.31. The second-order valence-corrected chi connectivity index (χ2v) is 5.11. The Morgan fingerprint density at radius 3 is 2.76 bits per heavy atom. The van der Waals surface area contributed by atoms with Gasteiger partial charge in [0.1, 0.15) is 4.99 Å². The maximum absolute atomic E-state index is 11.9. The number of carbonyl (C=O) groups is 1. The predicted octanol–water partition coefficient (Wildman–Crippen LogP) is 2.26. The van der Waals surface area contributed by atoms with Gasteiger partial charge in [0.2, 0.25) is 5.91 Å². The van der Waals surface area contributed by atoms with Crippen molar-refractivity contribution in [1.29, 1.82) is 0 Å². The van der Waals surface area contributed by atoms with Crippen molar-refractivity contribution in [1.82, 2.24) is 0 Å². The minimum atomic E-state index is -0.0376. The van der Waals surface area contributed by atoms with Crippen molar-refractivity contribution in [3.63, 3.8) is 0 Å². The molecule has 0 saturated heterocycles. The SMILES string of the molecule is CSCC(C)C(=O)Nc1ccccc1C(N)=S. The lowest BCUT2D eigenvalue weighted by molar-refractivity contribution is -0.118. The minimum absolute atomic E-state index is 0.0111. The zero-order valence-electron chi connectivity index (χ0n) is 9.90. The summed E-state index contributed by atoms with van der Waals surface area (Å²) in [6.07, 6.45) is 1.98. The number of rotatable bonds is 5. The van der Waals surface area contributed by atoms with Crippen molar-refractivity contribution < 1.29 is 4.79 Å². The quantitative estimate of drug-likeness (QED) is 0.804. The van der Waals surface area contributed by atoms with Crippen molar-refractivity contribution >= 4 is 40.6 Å². The van der Waals surface area contributed by atoms with Crippen LogP contribution in [0.3, 0.4) is 0 Å². The van der Waals surface area contributed by atoms with Crippen molar-refractivity contribution in [3.8, 4) is 0 Å². The molecule has 0 aromatic heterocycles. The van der Waals surface area contributed by atoms with Crippen LogP contribution in [0.2, 0.25) is 0 Å². The Balaban J connectivity index is 2.81. The fourth-order valence-electron chi connectivity index (χ4n) is 1.39. The average molecular weight is 268 g/mol. The summed E-state index contributed by atoms with van der Waals surface area (Å²) in [5.74, 6) is 0.744. The molecule has 0 spiro atoms. The van der Waals surface area contributed by atoms with Gasteiger partial charge in [-0.25, -0.2) is 0 Å². The van der Waals surface area contributed by atoms with Crippen molar-refractivity contribution in [2.45, 2.75) is 6.92 Å². The Bertz CT molecular complexity index is 421. The molecule has 0 saturated carbocycles. The molecule has 5 heteroatoms. The van der Waals surface area contributed by atoms with Gasteiger partial charge in [0.15, 0.2) is 0 Å². The molecule has 0 aliphatic carbocycles. The van der Waals surface area contributed by atoms with Crippen LogP contribution >= 0.6 is 24.0 Å². The number of benzene rings is 1. The molecule has 1 aromatic rings. The molecule has 1 amide bonds. The molecule has 0 heterocycles.